The molecule has 17 heteroatoms. The zero-order valence-corrected chi connectivity index (χ0v) is 40.6. The van der Waals surface area contributed by atoms with Crippen LogP contribution in [0.3, 0.4) is 0 Å². The Labute approximate surface area is 430 Å². The molecule has 0 aliphatic carbocycles. The van der Waals surface area contributed by atoms with Crippen molar-refractivity contribution in [2.45, 2.75) is 53.4 Å². The standard InChI is InChI=1S/C9H14O2.C8H12O2.CH3F.CH2I.2CH2O3.HI.4K.H/c1-4-5-6-7-8(2)9(10)11-3;1-3-4-5-6-7(2)8(9)10;2*1-2;2*2-1-4-3;;;;;;/h8H,4,7H2,1-3H3;7H,3,6H2,1-2H3,(H,9,10);1H3;1H2;2*1,3H;1H;;;;;/q;;;+1;;;;4*+1;-1/p-3/t8-;7-;;;;;;;;;;/m00........../s1/i;;1D;;;;;;;;;. The van der Waals surface area contributed by atoms with E-state index in [-0.39, 0.29) is 262 Å². The Morgan fingerprint density at radius 3 is 1.42 bits per heavy atom. The van der Waals surface area contributed by atoms with Crippen molar-refractivity contribution in [2.24, 2.45) is 11.8 Å². The Morgan fingerprint density at radius 1 is 0.974 bits per heavy atom. The fourth-order valence-corrected chi connectivity index (χ4v) is 1.07. The molecule has 0 fully saturated rings. The molecule has 1 N–H and O–H groups in total. The van der Waals surface area contributed by atoms with Crippen LogP contribution in [0.15, 0.2) is 0 Å². The molecule has 202 valence electrons. The number of hydrogen-bond acceptors (Lipinski definition) is 9. The summed E-state index contributed by atoms with van der Waals surface area (Å²) in [5.74, 6) is 10.0. The van der Waals surface area contributed by atoms with Crippen molar-refractivity contribution in [1.82, 2.24) is 0 Å². The molecule has 0 spiro atoms. The topological polar surface area (TPSA) is 162 Å². The summed E-state index contributed by atoms with van der Waals surface area (Å²) in [7, 11) is 0.395. The van der Waals surface area contributed by atoms with Gasteiger partial charge in [-0.15, -0.1) is 23.7 Å². The van der Waals surface area contributed by atoms with Crippen molar-refractivity contribution < 1.29 is 286 Å². The van der Waals surface area contributed by atoms with Gasteiger partial charge in [-0.1, -0.05) is 27.7 Å². The Morgan fingerprint density at radius 2 is 1.24 bits per heavy atom. The fraction of sp³-hybridized carbons (Fsp3) is 0.571. The first-order valence-electron chi connectivity index (χ1n) is 9.64. The van der Waals surface area contributed by atoms with E-state index in [9.17, 15) is 14.0 Å². The molecule has 2 atom stereocenters. The minimum atomic E-state index is -1.00. The molecular weight excluding hydrogens is 841 g/mol. The van der Waals surface area contributed by atoms with Crippen molar-refractivity contribution in [1.29, 1.82) is 0 Å². The van der Waals surface area contributed by atoms with Gasteiger partial charge in [0, 0.05) is 25.7 Å². The van der Waals surface area contributed by atoms with Crippen molar-refractivity contribution in [3.8, 4) is 23.7 Å². The molecule has 0 aromatic carbocycles. The van der Waals surface area contributed by atoms with E-state index in [2.05, 4.69) is 43.1 Å². The summed E-state index contributed by atoms with van der Waals surface area (Å²) in [6.07, 6.45) is 2.70. The zero-order valence-electron chi connectivity index (χ0n) is 25.8. The predicted molar refractivity (Wildman–Crippen MR) is 125 cm³/mol. The molecule has 0 aliphatic heterocycles. The summed E-state index contributed by atoms with van der Waals surface area (Å²) in [5, 5.41) is 25.3. The average molecular weight is 877 g/mol. The first-order chi connectivity index (χ1) is 16.1. The number of methoxy groups -OCH3 is 1. The number of carbonyl (C=O) groups is 4. The van der Waals surface area contributed by atoms with Crippen LogP contribution in [0.4, 0.5) is 4.39 Å². The average Bonchev–Trinajstić information content (AvgIpc) is 2.86. The summed E-state index contributed by atoms with van der Waals surface area (Å²) in [6.45, 7) is 7.04. The van der Waals surface area contributed by atoms with Gasteiger partial charge >= 0.3 is 217 Å². The summed E-state index contributed by atoms with van der Waals surface area (Å²) in [5.41, 5.74) is 0. The van der Waals surface area contributed by atoms with Crippen molar-refractivity contribution in [2.75, 3.05) is 14.3 Å². The van der Waals surface area contributed by atoms with E-state index in [1.54, 1.807) is 6.92 Å². The van der Waals surface area contributed by atoms with Crippen LogP contribution in [0.1, 0.15) is 56.2 Å². The number of hydrogen-bond donors (Lipinski definition) is 1. The number of rotatable bonds is 6. The van der Waals surface area contributed by atoms with Crippen molar-refractivity contribution in [3.05, 3.63) is 4.93 Å². The van der Waals surface area contributed by atoms with Crippen LogP contribution in [0.2, 0.25) is 0 Å². The minimum Gasteiger partial charge on any atom is -1.00 e. The van der Waals surface area contributed by atoms with Gasteiger partial charge in [-0.3, -0.25) is 23.6 Å². The van der Waals surface area contributed by atoms with Crippen LogP contribution in [-0.4, -0.2) is 44.3 Å². The maximum atomic E-state index is 10.8. The summed E-state index contributed by atoms with van der Waals surface area (Å²) in [6, 6.07) is 0. The number of ether oxygens (including phenoxy) is 1. The summed E-state index contributed by atoms with van der Waals surface area (Å²) in [4.78, 5) is 46.8. The fourth-order valence-electron chi connectivity index (χ4n) is 1.07. The molecule has 0 amide bonds. The first-order valence-corrected chi connectivity index (χ1v) is 10.5. The van der Waals surface area contributed by atoms with Gasteiger partial charge in [0.15, 0.2) is 0 Å². The molecule has 38 heavy (non-hydrogen) atoms. The quantitative estimate of drug-likeness (QED) is 0.0397. The second-order valence-electron chi connectivity index (χ2n) is 4.87. The second-order valence-corrected chi connectivity index (χ2v) is 4.87. The number of esters is 1. The van der Waals surface area contributed by atoms with E-state index in [4.69, 9.17) is 26.6 Å². The largest absolute Gasteiger partial charge is 1.00 e. The van der Waals surface area contributed by atoms with Crippen LogP contribution >= 0.6 is 22.6 Å². The molecule has 0 saturated carbocycles. The Kier molecular flexibility index (Phi) is 143. The third-order valence-corrected chi connectivity index (χ3v) is 2.52. The maximum absolute atomic E-state index is 10.8. The van der Waals surface area contributed by atoms with Gasteiger partial charge in [-0.2, -0.15) is 0 Å². The number of aliphatic carboxylic acids is 1. The molecule has 0 rings (SSSR count). The van der Waals surface area contributed by atoms with Crippen LogP contribution in [-0.2, 0) is 33.7 Å². The molecule has 0 saturated heterocycles. The normalized spacial score (nSPS) is 7.97. The SMILES string of the molecule is CCC#CC[C@H](C)C(=O)O.CCC#CC[C@H](C)C(=O)OC.O=CO[O-].O=CO[O-].[2H]CF.[CH2+]I.[H-].[I-].[K+].[K+].[K+].[K+]. The molecule has 0 aromatic heterocycles. The van der Waals surface area contributed by atoms with E-state index in [1.165, 1.54) is 7.11 Å². The van der Waals surface area contributed by atoms with Crippen molar-refractivity contribution in [3.63, 3.8) is 0 Å². The van der Waals surface area contributed by atoms with E-state index in [1.807, 2.05) is 43.4 Å². The van der Waals surface area contributed by atoms with Crippen molar-refractivity contribution >= 4 is 47.5 Å². The first kappa shape index (κ1) is 69.5. The molecule has 10 nitrogen and oxygen atoms in total. The Bertz CT molecular complexity index is 591. The van der Waals surface area contributed by atoms with Gasteiger partial charge in [0.2, 0.25) is 22.6 Å². The third kappa shape index (κ3) is 90.0. The number of halogens is 3. The maximum Gasteiger partial charge on any atom is 1.00 e. The molecule has 0 aromatic rings. The summed E-state index contributed by atoms with van der Waals surface area (Å²) < 4.78 is 20.0. The number of carbonyl (C=O) groups excluding carboxylic acids is 3. The smallest absolute Gasteiger partial charge is 1.00 e. The van der Waals surface area contributed by atoms with Gasteiger partial charge in [0.25, 0.3) is 12.9 Å². The number of alkyl halides is 1. The second kappa shape index (κ2) is 78.3. The van der Waals surface area contributed by atoms with E-state index >= 15 is 0 Å². The zero-order chi connectivity index (χ0) is 28.2. The van der Waals surface area contributed by atoms with Gasteiger partial charge in [0.05, 0.1) is 27.5 Å². The molecule has 0 radical (unpaired) electrons. The number of carboxylic acids is 1. The Balaban J connectivity index is -0.0000000250. The van der Waals surface area contributed by atoms with E-state index in [0.717, 1.165) is 12.8 Å². The third-order valence-electron chi connectivity index (χ3n) is 2.52. The van der Waals surface area contributed by atoms with Crippen LogP contribution < -0.4 is 240 Å². The molecule has 0 heterocycles. The van der Waals surface area contributed by atoms with E-state index < -0.39 is 13.1 Å². The molecular formula is C21H34FI2K4O10+. The van der Waals surface area contributed by atoms with Crippen LogP contribution in [0.25, 0.3) is 0 Å². The number of carboxylic acid groups (broad SMARTS) is 1. The molecule has 0 aliphatic rings. The van der Waals surface area contributed by atoms with Gasteiger partial charge in [-0.05, 0) is 0 Å². The molecule has 0 bridgehead atoms. The van der Waals surface area contributed by atoms with Gasteiger partial charge in [0.1, 0.15) is 4.93 Å². The monoisotopic (exact) mass is 876 g/mol. The molecule has 0 unspecified atom stereocenters. The van der Waals surface area contributed by atoms with Gasteiger partial charge < -0.3 is 55.5 Å². The van der Waals surface area contributed by atoms with Crippen LogP contribution in [0, 0.1) is 40.4 Å². The predicted octanol–water partition coefficient (Wildman–Crippen LogP) is -13.1. The Hall–Kier alpha value is 4.73. The van der Waals surface area contributed by atoms with Gasteiger partial charge in [-0.25, -0.2) is 0 Å². The van der Waals surface area contributed by atoms with Crippen LogP contribution in [0.5, 0.6) is 0 Å². The van der Waals surface area contributed by atoms with E-state index in [0.29, 0.717) is 12.8 Å². The minimum absolute atomic E-state index is 0. The summed E-state index contributed by atoms with van der Waals surface area (Å²) >= 11 is 1.90.